The van der Waals surface area contributed by atoms with Crippen LogP contribution in [0.4, 0.5) is 17.1 Å². The zero-order valence-electron chi connectivity index (χ0n) is 10.5. The van der Waals surface area contributed by atoms with E-state index in [0.29, 0.717) is 11.3 Å². The zero-order chi connectivity index (χ0) is 13.1. The van der Waals surface area contributed by atoms with Crippen molar-refractivity contribution in [3.63, 3.8) is 0 Å². The maximum atomic E-state index is 11.3. The lowest BCUT2D eigenvalue weighted by molar-refractivity contribution is 0.101. The Morgan fingerprint density at radius 3 is 2.61 bits per heavy atom. The van der Waals surface area contributed by atoms with Gasteiger partial charge in [0.05, 0.1) is 11.4 Å². The van der Waals surface area contributed by atoms with Crippen molar-refractivity contribution in [3.8, 4) is 0 Å². The Morgan fingerprint density at radius 2 is 1.94 bits per heavy atom. The molecular formula is C15H16N2O. The molecule has 0 saturated carbocycles. The van der Waals surface area contributed by atoms with Crippen LogP contribution in [0.25, 0.3) is 0 Å². The van der Waals surface area contributed by atoms with Crippen LogP contribution in [-0.2, 0) is 0 Å². The van der Waals surface area contributed by atoms with E-state index in [1.807, 2.05) is 43.3 Å². The number of anilines is 3. The first kappa shape index (κ1) is 12.2. The van der Waals surface area contributed by atoms with Gasteiger partial charge in [-0.15, -0.1) is 0 Å². The third kappa shape index (κ3) is 2.69. The highest BCUT2D eigenvalue weighted by molar-refractivity contribution is 5.95. The molecule has 0 heterocycles. The molecule has 2 rings (SSSR count). The molecule has 0 bridgehead atoms. The Balaban J connectivity index is 2.28. The number of Topliss-reactive ketones (excluding diaryl/α,β-unsaturated/α-hetero) is 1. The van der Waals surface area contributed by atoms with Crippen molar-refractivity contribution in [2.45, 2.75) is 13.8 Å². The van der Waals surface area contributed by atoms with Gasteiger partial charge in [0.2, 0.25) is 0 Å². The molecule has 2 aromatic rings. The third-order valence-corrected chi connectivity index (χ3v) is 2.76. The maximum Gasteiger partial charge on any atom is 0.159 e. The predicted molar refractivity (Wildman–Crippen MR) is 75.3 cm³/mol. The summed E-state index contributed by atoms with van der Waals surface area (Å²) in [5.41, 5.74) is 10.1. The quantitative estimate of drug-likeness (QED) is 0.637. The topological polar surface area (TPSA) is 55.1 Å². The van der Waals surface area contributed by atoms with Gasteiger partial charge in [0.25, 0.3) is 0 Å². The van der Waals surface area contributed by atoms with Gasteiger partial charge in [0.15, 0.2) is 5.78 Å². The van der Waals surface area contributed by atoms with Crippen molar-refractivity contribution in [3.05, 3.63) is 53.6 Å². The van der Waals surface area contributed by atoms with Gasteiger partial charge in [-0.05, 0) is 43.7 Å². The van der Waals surface area contributed by atoms with E-state index in [0.717, 1.165) is 16.9 Å². The fourth-order valence-corrected chi connectivity index (χ4v) is 1.77. The molecule has 0 radical (unpaired) electrons. The fraction of sp³-hybridized carbons (Fsp3) is 0.133. The zero-order valence-corrected chi connectivity index (χ0v) is 10.5. The molecule has 0 unspecified atom stereocenters. The number of nitrogens with one attached hydrogen (secondary N) is 1. The predicted octanol–water partition coefficient (Wildman–Crippen LogP) is 3.52. The molecule has 0 fully saturated rings. The molecule has 18 heavy (non-hydrogen) atoms. The normalized spacial score (nSPS) is 10.1. The molecule has 3 nitrogen and oxygen atoms in total. The number of nitrogens with two attached hydrogens (primary N) is 1. The lowest BCUT2D eigenvalue weighted by atomic mass is 10.1. The van der Waals surface area contributed by atoms with Crippen LogP contribution in [0, 0.1) is 6.92 Å². The molecule has 3 N–H and O–H groups in total. The van der Waals surface area contributed by atoms with Crippen molar-refractivity contribution >= 4 is 22.8 Å². The summed E-state index contributed by atoms with van der Waals surface area (Å²) < 4.78 is 0. The van der Waals surface area contributed by atoms with Crippen LogP contribution in [0.15, 0.2) is 42.5 Å². The number of rotatable bonds is 3. The Hall–Kier alpha value is -2.29. The summed E-state index contributed by atoms with van der Waals surface area (Å²) in [6.07, 6.45) is 0. The van der Waals surface area contributed by atoms with Gasteiger partial charge in [-0.3, -0.25) is 4.79 Å². The Bertz CT molecular complexity index is 591. The van der Waals surface area contributed by atoms with Gasteiger partial charge in [-0.2, -0.15) is 0 Å². The molecule has 0 amide bonds. The molecule has 0 saturated heterocycles. The van der Waals surface area contributed by atoms with Crippen LogP contribution >= 0.6 is 0 Å². The minimum atomic E-state index is 0.0514. The molecule has 0 aliphatic heterocycles. The molecule has 0 aliphatic rings. The highest BCUT2D eigenvalue weighted by Gasteiger charge is 2.03. The van der Waals surface area contributed by atoms with Crippen molar-refractivity contribution in [2.75, 3.05) is 11.1 Å². The van der Waals surface area contributed by atoms with Gasteiger partial charge in [-0.1, -0.05) is 18.2 Å². The van der Waals surface area contributed by atoms with E-state index >= 15 is 0 Å². The summed E-state index contributed by atoms with van der Waals surface area (Å²) in [6, 6.07) is 13.2. The minimum Gasteiger partial charge on any atom is -0.397 e. The number of hydrogen-bond donors (Lipinski definition) is 2. The summed E-state index contributed by atoms with van der Waals surface area (Å²) in [5, 5.41) is 3.22. The Kier molecular flexibility index (Phi) is 3.33. The van der Waals surface area contributed by atoms with Gasteiger partial charge in [-0.25, -0.2) is 0 Å². The second-order valence-corrected chi connectivity index (χ2v) is 4.35. The van der Waals surface area contributed by atoms with Gasteiger partial charge >= 0.3 is 0 Å². The molecule has 2 aromatic carbocycles. The summed E-state index contributed by atoms with van der Waals surface area (Å²) in [4.78, 5) is 11.3. The summed E-state index contributed by atoms with van der Waals surface area (Å²) in [5.74, 6) is 0.0514. The first-order chi connectivity index (χ1) is 8.56. The second-order valence-electron chi connectivity index (χ2n) is 4.35. The van der Waals surface area contributed by atoms with Crippen molar-refractivity contribution in [1.82, 2.24) is 0 Å². The fourth-order valence-electron chi connectivity index (χ4n) is 1.77. The van der Waals surface area contributed by atoms with Crippen LogP contribution in [0.2, 0.25) is 0 Å². The summed E-state index contributed by atoms with van der Waals surface area (Å²) in [7, 11) is 0. The minimum absolute atomic E-state index is 0.0514. The highest BCUT2D eigenvalue weighted by Crippen LogP contribution is 2.24. The molecule has 0 spiro atoms. The number of carbonyl (C=O) groups is 1. The number of nitrogen functional groups attached to an aromatic ring is 1. The van der Waals surface area contributed by atoms with Crippen LogP contribution in [0.3, 0.4) is 0 Å². The van der Waals surface area contributed by atoms with Gasteiger partial charge in [0.1, 0.15) is 0 Å². The second kappa shape index (κ2) is 4.92. The monoisotopic (exact) mass is 240 g/mol. The average molecular weight is 240 g/mol. The van der Waals surface area contributed by atoms with Crippen LogP contribution in [0.5, 0.6) is 0 Å². The van der Waals surface area contributed by atoms with E-state index in [1.54, 1.807) is 13.0 Å². The van der Waals surface area contributed by atoms with Gasteiger partial charge in [0, 0.05) is 11.3 Å². The Labute approximate surface area is 107 Å². The first-order valence-corrected chi connectivity index (χ1v) is 5.80. The number of ketones is 1. The van der Waals surface area contributed by atoms with Crippen LogP contribution in [-0.4, -0.2) is 5.78 Å². The number of carbonyl (C=O) groups excluding carboxylic acids is 1. The van der Waals surface area contributed by atoms with E-state index in [-0.39, 0.29) is 5.78 Å². The summed E-state index contributed by atoms with van der Waals surface area (Å²) >= 11 is 0. The maximum absolute atomic E-state index is 11.3. The van der Waals surface area contributed by atoms with Crippen molar-refractivity contribution < 1.29 is 4.79 Å². The molecule has 0 aromatic heterocycles. The smallest absolute Gasteiger partial charge is 0.159 e. The van der Waals surface area contributed by atoms with E-state index < -0.39 is 0 Å². The molecule has 0 aliphatic carbocycles. The third-order valence-electron chi connectivity index (χ3n) is 2.76. The SMILES string of the molecule is CC(=O)c1cccc(Nc2ccc(C)cc2N)c1. The van der Waals surface area contributed by atoms with E-state index in [9.17, 15) is 4.79 Å². The lowest BCUT2D eigenvalue weighted by Gasteiger charge is -2.10. The van der Waals surface area contributed by atoms with E-state index in [1.165, 1.54) is 0 Å². The molecular weight excluding hydrogens is 224 g/mol. The summed E-state index contributed by atoms with van der Waals surface area (Å²) in [6.45, 7) is 3.55. The standard InChI is InChI=1S/C15H16N2O/c1-10-6-7-15(14(16)8-10)17-13-5-3-4-12(9-13)11(2)18/h3-9,17H,16H2,1-2H3. The van der Waals surface area contributed by atoms with Gasteiger partial charge < -0.3 is 11.1 Å². The van der Waals surface area contributed by atoms with E-state index in [2.05, 4.69) is 5.32 Å². The number of benzene rings is 2. The average Bonchev–Trinajstić information content (AvgIpc) is 2.33. The number of hydrogen-bond acceptors (Lipinski definition) is 3. The molecule has 92 valence electrons. The molecule has 0 atom stereocenters. The highest BCUT2D eigenvalue weighted by atomic mass is 16.1. The lowest BCUT2D eigenvalue weighted by Crippen LogP contribution is -1.98. The largest absolute Gasteiger partial charge is 0.397 e. The Morgan fingerprint density at radius 1 is 1.17 bits per heavy atom. The van der Waals surface area contributed by atoms with Crippen LogP contribution in [0.1, 0.15) is 22.8 Å². The number of aryl methyl sites for hydroxylation is 1. The first-order valence-electron chi connectivity index (χ1n) is 5.80. The molecule has 3 heteroatoms. The van der Waals surface area contributed by atoms with Crippen LogP contribution < -0.4 is 11.1 Å². The van der Waals surface area contributed by atoms with Crippen molar-refractivity contribution in [2.24, 2.45) is 0 Å². The van der Waals surface area contributed by atoms with Crippen molar-refractivity contribution in [1.29, 1.82) is 0 Å². The van der Waals surface area contributed by atoms with E-state index in [4.69, 9.17) is 5.73 Å².